The molecule has 2 aromatic carbocycles. The molecule has 0 atom stereocenters. The molecule has 168 valence electrons. The highest BCUT2D eigenvalue weighted by Gasteiger charge is 2.27. The molecular weight excluding hydrogens is 461 g/mol. The minimum Gasteiger partial charge on any atom is -0.337 e. The van der Waals surface area contributed by atoms with E-state index in [0.717, 1.165) is 26.1 Å². The Hall–Kier alpha value is -1.68. The fourth-order valence-corrected chi connectivity index (χ4v) is 5.03. The monoisotopic (exact) mass is 485 g/mol. The molecule has 31 heavy (non-hydrogen) atoms. The summed E-state index contributed by atoms with van der Waals surface area (Å²) in [6.07, 6.45) is 0.824. The predicted octanol–water partition coefficient (Wildman–Crippen LogP) is 3.52. The zero-order valence-electron chi connectivity index (χ0n) is 17.4. The number of carbonyl (C=O) groups excluding carboxylic acids is 1. The van der Waals surface area contributed by atoms with E-state index in [4.69, 9.17) is 28.0 Å². The average molecular weight is 486 g/mol. The van der Waals surface area contributed by atoms with Gasteiger partial charge in [0, 0.05) is 50.4 Å². The lowest BCUT2D eigenvalue weighted by atomic mass is 10.2. The van der Waals surface area contributed by atoms with Crippen molar-refractivity contribution in [2.24, 2.45) is 0 Å². The number of halogens is 2. The van der Waals surface area contributed by atoms with Gasteiger partial charge in [0.05, 0.1) is 12.1 Å². The topological polar surface area (TPSA) is 70.2 Å². The van der Waals surface area contributed by atoms with Crippen molar-refractivity contribution in [1.29, 1.82) is 0 Å². The molecule has 1 aliphatic rings. The summed E-state index contributed by atoms with van der Waals surface area (Å²) in [5.41, 5.74) is 1.44. The van der Waals surface area contributed by atoms with Crippen LogP contribution < -0.4 is 0 Å². The smallest absolute Gasteiger partial charge is 0.266 e. The van der Waals surface area contributed by atoms with E-state index >= 15 is 0 Å². The standard InChI is InChI=1S/C21H25Cl2N3O4S/c1-24(30-2)31(28,29)20-14-17(6-9-19(20)23)21(27)26-11-3-10-25(12-13-26)15-16-4-7-18(22)8-5-16/h4-9,14H,3,10-13,15H2,1-2H3. The van der Waals surface area contributed by atoms with Gasteiger partial charge in [-0.1, -0.05) is 39.8 Å². The van der Waals surface area contributed by atoms with Crippen LogP contribution in [0.15, 0.2) is 47.4 Å². The van der Waals surface area contributed by atoms with Crippen molar-refractivity contribution in [3.63, 3.8) is 0 Å². The Balaban J connectivity index is 1.72. The van der Waals surface area contributed by atoms with Crippen LogP contribution in [-0.2, 0) is 21.4 Å². The molecule has 0 aromatic heterocycles. The maximum atomic E-state index is 13.1. The van der Waals surface area contributed by atoms with Crippen molar-refractivity contribution < 1.29 is 18.0 Å². The van der Waals surface area contributed by atoms with E-state index in [1.807, 2.05) is 24.3 Å². The summed E-state index contributed by atoms with van der Waals surface area (Å²) in [6, 6.07) is 12.0. The number of hydroxylamine groups is 1. The second kappa shape index (κ2) is 10.3. The van der Waals surface area contributed by atoms with Crippen LogP contribution in [-0.4, -0.2) is 68.9 Å². The summed E-state index contributed by atoms with van der Waals surface area (Å²) >= 11 is 12.1. The number of nitrogens with zero attached hydrogens (tertiary/aromatic N) is 3. The van der Waals surface area contributed by atoms with E-state index in [9.17, 15) is 13.2 Å². The molecule has 2 aromatic rings. The summed E-state index contributed by atoms with van der Waals surface area (Å²) in [5, 5.41) is 0.739. The first kappa shape index (κ1) is 24.0. The summed E-state index contributed by atoms with van der Waals surface area (Å²) in [6.45, 7) is 3.52. The van der Waals surface area contributed by atoms with Gasteiger partial charge in [0.15, 0.2) is 0 Å². The van der Waals surface area contributed by atoms with Crippen LogP contribution in [0.1, 0.15) is 22.3 Å². The Labute approximate surface area is 193 Å². The maximum absolute atomic E-state index is 13.1. The van der Waals surface area contributed by atoms with Crippen LogP contribution in [0.4, 0.5) is 0 Å². The number of hydrogen-bond donors (Lipinski definition) is 0. The average Bonchev–Trinajstić information content (AvgIpc) is 3.00. The van der Waals surface area contributed by atoms with Gasteiger partial charge >= 0.3 is 0 Å². The fraction of sp³-hybridized carbons (Fsp3) is 0.381. The van der Waals surface area contributed by atoms with Gasteiger partial charge in [-0.2, -0.15) is 0 Å². The van der Waals surface area contributed by atoms with Crippen molar-refractivity contribution in [3.8, 4) is 0 Å². The van der Waals surface area contributed by atoms with Crippen LogP contribution in [0.2, 0.25) is 10.0 Å². The van der Waals surface area contributed by atoms with E-state index < -0.39 is 10.0 Å². The van der Waals surface area contributed by atoms with E-state index in [0.29, 0.717) is 22.6 Å². The largest absolute Gasteiger partial charge is 0.337 e. The highest BCUT2D eigenvalue weighted by molar-refractivity contribution is 7.89. The highest BCUT2D eigenvalue weighted by atomic mass is 35.5. The van der Waals surface area contributed by atoms with Crippen LogP contribution in [0.3, 0.4) is 0 Å². The first-order valence-electron chi connectivity index (χ1n) is 9.81. The third-order valence-electron chi connectivity index (χ3n) is 5.25. The Kier molecular flexibility index (Phi) is 7.96. The number of hydrogen-bond acceptors (Lipinski definition) is 5. The number of carbonyl (C=O) groups is 1. The van der Waals surface area contributed by atoms with Gasteiger partial charge in [0.2, 0.25) is 0 Å². The minimum absolute atomic E-state index is 0.0328. The molecule has 1 aliphatic heterocycles. The Morgan fingerprint density at radius 3 is 2.45 bits per heavy atom. The number of sulfonamides is 1. The van der Waals surface area contributed by atoms with Crippen LogP contribution >= 0.6 is 23.2 Å². The molecule has 0 N–H and O–H groups in total. The molecule has 0 radical (unpaired) electrons. The van der Waals surface area contributed by atoms with Gasteiger partial charge in [-0.15, -0.1) is 0 Å². The summed E-state index contributed by atoms with van der Waals surface area (Å²) in [5.74, 6) is -0.221. The number of benzene rings is 2. The van der Waals surface area contributed by atoms with Crippen molar-refractivity contribution in [2.45, 2.75) is 17.9 Å². The lowest BCUT2D eigenvalue weighted by molar-refractivity contribution is -0.0258. The van der Waals surface area contributed by atoms with Crippen molar-refractivity contribution in [2.75, 3.05) is 40.3 Å². The molecule has 0 unspecified atom stereocenters. The first-order chi connectivity index (χ1) is 14.7. The third kappa shape index (κ3) is 5.77. The molecule has 10 heteroatoms. The lowest BCUT2D eigenvalue weighted by Gasteiger charge is -2.23. The van der Waals surface area contributed by atoms with Crippen LogP contribution in [0.5, 0.6) is 0 Å². The van der Waals surface area contributed by atoms with Crippen molar-refractivity contribution in [3.05, 3.63) is 63.6 Å². The molecule has 3 rings (SSSR count). The normalized spacial score (nSPS) is 15.8. The van der Waals surface area contributed by atoms with E-state index in [-0.39, 0.29) is 21.4 Å². The molecule has 0 bridgehead atoms. The third-order valence-corrected chi connectivity index (χ3v) is 7.66. The zero-order chi connectivity index (χ0) is 22.6. The number of amides is 1. The van der Waals surface area contributed by atoms with Crippen LogP contribution in [0.25, 0.3) is 0 Å². The summed E-state index contributed by atoms with van der Waals surface area (Å²) < 4.78 is 25.9. The molecule has 0 aliphatic carbocycles. The van der Waals surface area contributed by atoms with Gasteiger partial charge in [-0.3, -0.25) is 14.5 Å². The van der Waals surface area contributed by atoms with Crippen molar-refractivity contribution >= 4 is 39.1 Å². The van der Waals surface area contributed by atoms with Gasteiger partial charge in [0.25, 0.3) is 15.9 Å². The highest BCUT2D eigenvalue weighted by Crippen LogP contribution is 2.26. The molecule has 1 saturated heterocycles. The minimum atomic E-state index is -3.97. The second-order valence-electron chi connectivity index (χ2n) is 7.29. The SMILES string of the molecule is CON(C)S(=O)(=O)c1cc(C(=O)N2CCCN(Cc3ccc(Cl)cc3)CC2)ccc1Cl. The Morgan fingerprint density at radius 2 is 1.77 bits per heavy atom. The summed E-state index contributed by atoms with van der Waals surface area (Å²) in [7, 11) is -1.46. The number of rotatable bonds is 6. The molecule has 1 fully saturated rings. The van der Waals surface area contributed by atoms with Gasteiger partial charge in [-0.25, -0.2) is 8.42 Å². The van der Waals surface area contributed by atoms with E-state index in [1.54, 1.807) is 11.0 Å². The van der Waals surface area contributed by atoms with Gasteiger partial charge < -0.3 is 4.90 Å². The predicted molar refractivity (Wildman–Crippen MR) is 121 cm³/mol. The van der Waals surface area contributed by atoms with Gasteiger partial charge in [0.1, 0.15) is 4.90 Å². The van der Waals surface area contributed by atoms with E-state index in [2.05, 4.69) is 4.90 Å². The van der Waals surface area contributed by atoms with Crippen molar-refractivity contribution in [1.82, 2.24) is 14.3 Å². The zero-order valence-corrected chi connectivity index (χ0v) is 19.8. The lowest BCUT2D eigenvalue weighted by Crippen LogP contribution is -2.35. The molecular formula is C21H25Cl2N3O4S. The molecule has 7 nitrogen and oxygen atoms in total. The molecule has 1 heterocycles. The molecule has 0 spiro atoms. The first-order valence-corrected chi connectivity index (χ1v) is 12.0. The molecule has 1 amide bonds. The van der Waals surface area contributed by atoms with Gasteiger partial charge in [-0.05, 0) is 42.3 Å². The fourth-order valence-electron chi connectivity index (χ4n) is 3.43. The Bertz CT molecular complexity index is 1030. The maximum Gasteiger partial charge on any atom is 0.266 e. The quantitative estimate of drug-likeness (QED) is 0.585. The molecule has 0 saturated carbocycles. The van der Waals surface area contributed by atoms with E-state index in [1.165, 1.54) is 31.9 Å². The summed E-state index contributed by atoms with van der Waals surface area (Å²) in [4.78, 5) is 21.8. The van der Waals surface area contributed by atoms with Crippen LogP contribution in [0, 0.1) is 0 Å². The Morgan fingerprint density at radius 1 is 1.06 bits per heavy atom. The second-order valence-corrected chi connectivity index (χ2v) is 10.0.